The first-order valence-electron chi connectivity index (χ1n) is 6.09. The summed E-state index contributed by atoms with van der Waals surface area (Å²) in [4.78, 5) is 23.5. The molecule has 2 rings (SSSR count). The summed E-state index contributed by atoms with van der Waals surface area (Å²) < 4.78 is 14.0. The monoisotopic (exact) mass is 263 g/mol. The van der Waals surface area contributed by atoms with Gasteiger partial charge in [-0.25, -0.2) is 9.18 Å². The Kier molecular flexibility index (Phi) is 3.94. The first kappa shape index (κ1) is 13.3. The standard InChI is InChI=1S/C14H14FNO3/c15-11-9-10(5-7-14(18)19)4-6-12(11)16-8-2-1-3-13(16)17/h4-7,9H,1-3,8H2,(H,18,19). The molecule has 1 aromatic rings. The summed E-state index contributed by atoms with van der Waals surface area (Å²) in [7, 11) is 0. The number of nitrogens with zero attached hydrogens (tertiary/aromatic N) is 1. The van der Waals surface area contributed by atoms with Gasteiger partial charge in [0.05, 0.1) is 5.69 Å². The lowest BCUT2D eigenvalue weighted by atomic mass is 10.1. The molecule has 1 saturated heterocycles. The normalized spacial score (nSPS) is 16.1. The Hall–Kier alpha value is -2.17. The van der Waals surface area contributed by atoms with E-state index in [0.717, 1.165) is 18.9 Å². The van der Waals surface area contributed by atoms with Crippen molar-refractivity contribution in [2.24, 2.45) is 0 Å². The Labute approximate surface area is 110 Å². The van der Waals surface area contributed by atoms with Crippen molar-refractivity contribution in [3.05, 3.63) is 35.7 Å². The molecule has 0 saturated carbocycles. The van der Waals surface area contributed by atoms with Gasteiger partial charge in [0.15, 0.2) is 0 Å². The van der Waals surface area contributed by atoms with E-state index in [4.69, 9.17) is 5.11 Å². The number of carbonyl (C=O) groups is 2. The molecule has 100 valence electrons. The van der Waals surface area contributed by atoms with E-state index < -0.39 is 11.8 Å². The first-order chi connectivity index (χ1) is 9.08. The molecule has 0 aliphatic carbocycles. The van der Waals surface area contributed by atoms with Crippen LogP contribution in [0, 0.1) is 5.82 Å². The number of hydrogen-bond acceptors (Lipinski definition) is 2. The van der Waals surface area contributed by atoms with Crippen molar-refractivity contribution >= 4 is 23.6 Å². The van der Waals surface area contributed by atoms with Crippen LogP contribution in [0.15, 0.2) is 24.3 Å². The Bertz CT molecular complexity index is 539. The number of rotatable bonds is 3. The molecule has 1 amide bonds. The van der Waals surface area contributed by atoms with Crippen molar-refractivity contribution in [3.63, 3.8) is 0 Å². The maximum absolute atomic E-state index is 14.0. The zero-order chi connectivity index (χ0) is 13.8. The van der Waals surface area contributed by atoms with E-state index in [1.54, 1.807) is 6.07 Å². The summed E-state index contributed by atoms with van der Waals surface area (Å²) in [5, 5.41) is 8.50. The van der Waals surface area contributed by atoms with E-state index in [2.05, 4.69) is 0 Å². The van der Waals surface area contributed by atoms with Crippen LogP contribution >= 0.6 is 0 Å². The molecular weight excluding hydrogens is 249 g/mol. The molecule has 0 atom stereocenters. The third-order valence-electron chi connectivity index (χ3n) is 3.00. The van der Waals surface area contributed by atoms with Crippen LogP contribution in [-0.2, 0) is 9.59 Å². The number of amides is 1. The van der Waals surface area contributed by atoms with E-state index in [0.29, 0.717) is 18.5 Å². The van der Waals surface area contributed by atoms with Gasteiger partial charge in [0.2, 0.25) is 5.91 Å². The Morgan fingerprint density at radius 1 is 1.37 bits per heavy atom. The third kappa shape index (κ3) is 3.19. The number of carboxylic acid groups (broad SMARTS) is 1. The van der Waals surface area contributed by atoms with Gasteiger partial charge in [0.25, 0.3) is 0 Å². The third-order valence-corrected chi connectivity index (χ3v) is 3.00. The number of piperidine rings is 1. The Morgan fingerprint density at radius 3 is 2.79 bits per heavy atom. The van der Waals surface area contributed by atoms with Crippen molar-refractivity contribution in [1.29, 1.82) is 0 Å². The van der Waals surface area contributed by atoms with Gasteiger partial charge in [0, 0.05) is 19.0 Å². The molecule has 4 nitrogen and oxygen atoms in total. The van der Waals surface area contributed by atoms with Crippen LogP contribution in [0.25, 0.3) is 6.08 Å². The fourth-order valence-corrected chi connectivity index (χ4v) is 2.07. The second kappa shape index (κ2) is 5.65. The van der Waals surface area contributed by atoms with Gasteiger partial charge in [0.1, 0.15) is 5.82 Å². The van der Waals surface area contributed by atoms with Crippen LogP contribution in [-0.4, -0.2) is 23.5 Å². The van der Waals surface area contributed by atoms with Crippen molar-refractivity contribution < 1.29 is 19.1 Å². The highest BCUT2D eigenvalue weighted by Crippen LogP contribution is 2.25. The fourth-order valence-electron chi connectivity index (χ4n) is 2.07. The van der Waals surface area contributed by atoms with Crippen LogP contribution < -0.4 is 4.90 Å². The summed E-state index contributed by atoms with van der Waals surface area (Å²) in [6.07, 6.45) is 4.41. The van der Waals surface area contributed by atoms with Gasteiger partial charge in [-0.1, -0.05) is 6.07 Å². The van der Waals surface area contributed by atoms with Gasteiger partial charge in [-0.05, 0) is 36.6 Å². The molecule has 1 aliphatic heterocycles. The Balaban J connectivity index is 2.23. The van der Waals surface area contributed by atoms with Crippen LogP contribution in [0.2, 0.25) is 0 Å². The quantitative estimate of drug-likeness (QED) is 0.852. The molecule has 0 radical (unpaired) electrons. The fraction of sp³-hybridized carbons (Fsp3) is 0.286. The zero-order valence-corrected chi connectivity index (χ0v) is 10.3. The predicted octanol–water partition coefficient (Wildman–Crippen LogP) is 2.44. The molecule has 1 heterocycles. The van der Waals surface area contributed by atoms with Gasteiger partial charge in [-0.2, -0.15) is 0 Å². The second-order valence-corrected chi connectivity index (χ2v) is 4.38. The highest BCUT2D eigenvalue weighted by atomic mass is 19.1. The number of anilines is 1. The second-order valence-electron chi connectivity index (χ2n) is 4.38. The molecule has 0 bridgehead atoms. The number of benzene rings is 1. The van der Waals surface area contributed by atoms with Crippen molar-refractivity contribution in [1.82, 2.24) is 0 Å². The smallest absolute Gasteiger partial charge is 0.328 e. The SMILES string of the molecule is O=C(O)C=Cc1ccc(N2CCCCC2=O)c(F)c1. The molecular formula is C14H14FNO3. The molecule has 1 N–H and O–H groups in total. The van der Waals surface area contributed by atoms with E-state index in [9.17, 15) is 14.0 Å². The van der Waals surface area contributed by atoms with Crippen LogP contribution in [0.1, 0.15) is 24.8 Å². The maximum Gasteiger partial charge on any atom is 0.328 e. The number of hydrogen-bond donors (Lipinski definition) is 1. The minimum Gasteiger partial charge on any atom is -0.478 e. The number of halogens is 1. The molecule has 1 aliphatic rings. The topological polar surface area (TPSA) is 57.6 Å². The average Bonchev–Trinajstić information content (AvgIpc) is 2.38. The van der Waals surface area contributed by atoms with Crippen molar-refractivity contribution in [2.75, 3.05) is 11.4 Å². The van der Waals surface area contributed by atoms with Crippen molar-refractivity contribution in [2.45, 2.75) is 19.3 Å². The average molecular weight is 263 g/mol. The predicted molar refractivity (Wildman–Crippen MR) is 69.3 cm³/mol. The summed E-state index contributed by atoms with van der Waals surface area (Å²) in [5.41, 5.74) is 0.713. The lowest BCUT2D eigenvalue weighted by Crippen LogP contribution is -2.35. The van der Waals surface area contributed by atoms with Gasteiger partial charge in [-0.3, -0.25) is 4.79 Å². The van der Waals surface area contributed by atoms with E-state index in [-0.39, 0.29) is 11.6 Å². The van der Waals surface area contributed by atoms with Gasteiger partial charge in [-0.15, -0.1) is 0 Å². The molecule has 0 spiro atoms. The molecule has 1 aromatic carbocycles. The summed E-state index contributed by atoms with van der Waals surface area (Å²) >= 11 is 0. The lowest BCUT2D eigenvalue weighted by Gasteiger charge is -2.27. The van der Waals surface area contributed by atoms with E-state index in [1.807, 2.05) is 0 Å². The summed E-state index contributed by atoms with van der Waals surface area (Å²) in [6, 6.07) is 4.34. The van der Waals surface area contributed by atoms with Crippen molar-refractivity contribution in [3.8, 4) is 0 Å². The highest BCUT2D eigenvalue weighted by molar-refractivity contribution is 5.94. The molecule has 0 unspecified atom stereocenters. The summed E-state index contributed by atoms with van der Waals surface area (Å²) in [5.74, 6) is -1.67. The summed E-state index contributed by atoms with van der Waals surface area (Å²) in [6.45, 7) is 0.528. The molecule has 0 aromatic heterocycles. The number of carbonyl (C=O) groups excluding carboxylic acids is 1. The minimum atomic E-state index is -1.09. The lowest BCUT2D eigenvalue weighted by molar-refractivity contribution is -0.131. The number of carboxylic acids is 1. The largest absolute Gasteiger partial charge is 0.478 e. The van der Waals surface area contributed by atoms with Crippen LogP contribution in [0.5, 0.6) is 0 Å². The zero-order valence-electron chi connectivity index (χ0n) is 10.3. The maximum atomic E-state index is 14.0. The Morgan fingerprint density at radius 2 is 2.16 bits per heavy atom. The molecule has 5 heteroatoms. The number of aliphatic carboxylic acids is 1. The van der Waals surface area contributed by atoms with E-state index >= 15 is 0 Å². The van der Waals surface area contributed by atoms with Gasteiger partial charge >= 0.3 is 5.97 Å². The first-order valence-corrected chi connectivity index (χ1v) is 6.09. The van der Waals surface area contributed by atoms with Crippen LogP contribution in [0.4, 0.5) is 10.1 Å². The minimum absolute atomic E-state index is 0.0704. The van der Waals surface area contributed by atoms with E-state index in [1.165, 1.54) is 23.1 Å². The molecule has 19 heavy (non-hydrogen) atoms. The van der Waals surface area contributed by atoms with Crippen LogP contribution in [0.3, 0.4) is 0 Å². The molecule has 1 fully saturated rings. The highest BCUT2D eigenvalue weighted by Gasteiger charge is 2.22. The van der Waals surface area contributed by atoms with Gasteiger partial charge < -0.3 is 10.0 Å².